The van der Waals surface area contributed by atoms with Gasteiger partial charge in [-0.3, -0.25) is 4.68 Å². The maximum Gasteiger partial charge on any atom is 0.246 e. The lowest BCUT2D eigenvalue weighted by Crippen LogP contribution is -2.51. The topological polar surface area (TPSA) is 93.2 Å². The largest absolute Gasteiger partial charge is 0.395 e. The van der Waals surface area contributed by atoms with Gasteiger partial charge in [-0.2, -0.15) is 14.5 Å². The highest BCUT2D eigenvalue weighted by molar-refractivity contribution is 7.89. The highest BCUT2D eigenvalue weighted by Gasteiger charge is 2.45. The van der Waals surface area contributed by atoms with E-state index >= 15 is 0 Å². The molecule has 2 aliphatic rings. The summed E-state index contributed by atoms with van der Waals surface area (Å²) in [5.41, 5.74) is 2.85. The second-order valence-electron chi connectivity index (χ2n) is 8.17. The number of aromatic nitrogens is 4. The molecule has 1 N–H and O–H groups in total. The van der Waals surface area contributed by atoms with Gasteiger partial charge in [0.1, 0.15) is 10.7 Å². The average Bonchev–Trinajstić information content (AvgIpc) is 3.38. The maximum atomic E-state index is 13.3. The minimum atomic E-state index is -3.70. The number of piperidine rings is 1. The molecule has 162 valence electrons. The molecule has 1 aliphatic heterocycles. The van der Waals surface area contributed by atoms with E-state index in [1.165, 1.54) is 33.5 Å². The van der Waals surface area contributed by atoms with Crippen molar-refractivity contribution in [1.82, 2.24) is 23.9 Å². The molecule has 0 spiro atoms. The van der Waals surface area contributed by atoms with Crippen LogP contribution in [0.25, 0.3) is 11.8 Å². The number of benzene rings is 1. The second-order valence-corrected chi connectivity index (χ2v) is 10.1. The Bertz CT molecular complexity index is 1280. The molecule has 0 radical (unpaired) electrons. The molecule has 1 saturated heterocycles. The van der Waals surface area contributed by atoms with Gasteiger partial charge in [0.15, 0.2) is 0 Å². The molecule has 0 amide bonds. The molecule has 1 atom stereocenters. The summed E-state index contributed by atoms with van der Waals surface area (Å²) in [6.45, 7) is 0.345. The van der Waals surface area contributed by atoms with Crippen LogP contribution in [0.15, 0.2) is 53.3 Å². The number of nitrogens with zero attached hydrogens (tertiary/aromatic N) is 5. The van der Waals surface area contributed by atoms with Gasteiger partial charge in [0.25, 0.3) is 0 Å². The van der Waals surface area contributed by atoms with E-state index in [4.69, 9.17) is 0 Å². The Morgan fingerprint density at radius 1 is 1.19 bits per heavy atom. The second kappa shape index (κ2) is 7.11. The summed E-state index contributed by atoms with van der Waals surface area (Å²) in [6.07, 6.45) is 7.55. The summed E-state index contributed by atoms with van der Waals surface area (Å²) in [5.74, 6) is -0.315. The molecule has 1 aliphatic carbocycles. The number of hydrogen-bond donors (Lipinski definition) is 1. The minimum absolute atomic E-state index is 0.149. The predicted molar refractivity (Wildman–Crippen MR) is 111 cm³/mol. The van der Waals surface area contributed by atoms with E-state index in [9.17, 15) is 17.9 Å². The summed E-state index contributed by atoms with van der Waals surface area (Å²) >= 11 is 0. The summed E-state index contributed by atoms with van der Waals surface area (Å²) in [7, 11) is -2.03. The number of hydrogen-bond acceptors (Lipinski definition) is 5. The first-order chi connectivity index (χ1) is 14.8. The third-order valence-corrected chi connectivity index (χ3v) is 8.01. The maximum absolute atomic E-state index is 13.3. The van der Waals surface area contributed by atoms with Crippen LogP contribution in [0.3, 0.4) is 0 Å². The van der Waals surface area contributed by atoms with Gasteiger partial charge in [0.2, 0.25) is 10.0 Å². The third-order valence-electron chi connectivity index (χ3n) is 6.21. The summed E-state index contributed by atoms with van der Waals surface area (Å²) < 4.78 is 44.2. The fourth-order valence-corrected chi connectivity index (χ4v) is 6.03. The summed E-state index contributed by atoms with van der Waals surface area (Å²) in [4.78, 5) is 0.149. The van der Waals surface area contributed by atoms with Crippen LogP contribution in [0.2, 0.25) is 0 Å². The van der Waals surface area contributed by atoms with Crippen LogP contribution >= 0.6 is 0 Å². The quantitative estimate of drug-likeness (QED) is 0.663. The lowest BCUT2D eigenvalue weighted by molar-refractivity contribution is 0.111. The monoisotopic (exact) mass is 443 g/mol. The van der Waals surface area contributed by atoms with Crippen molar-refractivity contribution in [2.75, 3.05) is 19.7 Å². The van der Waals surface area contributed by atoms with E-state index in [-0.39, 0.29) is 23.9 Å². The van der Waals surface area contributed by atoms with Crippen molar-refractivity contribution in [3.8, 4) is 5.69 Å². The highest BCUT2D eigenvalue weighted by Crippen LogP contribution is 2.44. The Balaban J connectivity index is 1.50. The minimum Gasteiger partial charge on any atom is -0.395 e. The van der Waals surface area contributed by atoms with Gasteiger partial charge in [-0.1, -0.05) is 5.57 Å². The smallest absolute Gasteiger partial charge is 0.246 e. The molecule has 10 heteroatoms. The standard InChI is InChI=1S/C21H22FN5O3S/c1-25-12-19(11-23-25)31(29,30)26-7-6-16-8-20-15(9-21(16,13-26)14-28)10-24-27(20)18-4-2-17(22)3-5-18/h2-5,8,10-12,28H,6-7,9,13-14H2,1H3/t21-/m1/s1. The Morgan fingerprint density at radius 3 is 2.65 bits per heavy atom. The van der Waals surface area contributed by atoms with Gasteiger partial charge in [-0.05, 0) is 48.7 Å². The molecule has 5 rings (SSSR count). The fraction of sp³-hybridized carbons (Fsp3) is 0.333. The molecule has 3 heterocycles. The van der Waals surface area contributed by atoms with E-state index in [2.05, 4.69) is 10.2 Å². The van der Waals surface area contributed by atoms with E-state index in [1.807, 2.05) is 6.08 Å². The zero-order valence-electron chi connectivity index (χ0n) is 16.9. The van der Waals surface area contributed by atoms with Crippen molar-refractivity contribution < 1.29 is 17.9 Å². The molecule has 0 bridgehead atoms. The fourth-order valence-electron chi connectivity index (χ4n) is 4.52. The zero-order valence-corrected chi connectivity index (χ0v) is 17.8. The van der Waals surface area contributed by atoms with Crippen molar-refractivity contribution in [2.45, 2.75) is 17.7 Å². The van der Waals surface area contributed by atoms with Gasteiger partial charge in [-0.15, -0.1) is 0 Å². The molecule has 0 unspecified atom stereocenters. The van der Waals surface area contributed by atoms with E-state index < -0.39 is 15.4 Å². The van der Waals surface area contributed by atoms with Crippen LogP contribution in [-0.4, -0.2) is 57.1 Å². The van der Waals surface area contributed by atoms with Gasteiger partial charge < -0.3 is 5.11 Å². The van der Waals surface area contributed by atoms with Gasteiger partial charge in [-0.25, -0.2) is 17.5 Å². The number of aryl methyl sites for hydroxylation is 1. The molecule has 1 fully saturated rings. The van der Waals surface area contributed by atoms with Gasteiger partial charge >= 0.3 is 0 Å². The number of fused-ring (bicyclic) bond motifs is 2. The number of halogens is 1. The van der Waals surface area contributed by atoms with Crippen LogP contribution < -0.4 is 0 Å². The Kier molecular flexibility index (Phi) is 4.61. The molecule has 1 aromatic carbocycles. The average molecular weight is 444 g/mol. The van der Waals surface area contributed by atoms with Crippen molar-refractivity contribution >= 4 is 16.1 Å². The van der Waals surface area contributed by atoms with Crippen molar-refractivity contribution in [2.24, 2.45) is 12.5 Å². The Labute approximate surface area is 179 Å². The van der Waals surface area contributed by atoms with E-state index in [0.29, 0.717) is 19.4 Å². The van der Waals surface area contributed by atoms with Crippen molar-refractivity contribution in [3.05, 3.63) is 65.5 Å². The highest BCUT2D eigenvalue weighted by atomic mass is 32.2. The first-order valence-electron chi connectivity index (χ1n) is 9.96. The van der Waals surface area contributed by atoms with Crippen molar-refractivity contribution in [3.63, 3.8) is 0 Å². The molecule has 31 heavy (non-hydrogen) atoms. The number of aliphatic hydroxyl groups excluding tert-OH is 1. The lowest BCUT2D eigenvalue weighted by Gasteiger charge is -2.44. The Hall–Kier alpha value is -2.82. The summed E-state index contributed by atoms with van der Waals surface area (Å²) in [6, 6.07) is 6.11. The normalized spacial score (nSPS) is 21.5. The van der Waals surface area contributed by atoms with E-state index in [0.717, 1.165) is 22.5 Å². The molecule has 8 nitrogen and oxygen atoms in total. The summed E-state index contributed by atoms with van der Waals surface area (Å²) in [5, 5.41) is 18.8. The molecule has 3 aromatic rings. The number of aliphatic hydroxyl groups is 1. The van der Waals surface area contributed by atoms with Crippen LogP contribution in [0, 0.1) is 11.2 Å². The van der Waals surface area contributed by atoms with Crippen LogP contribution in [0.4, 0.5) is 4.39 Å². The van der Waals surface area contributed by atoms with Crippen molar-refractivity contribution in [1.29, 1.82) is 0 Å². The molecule has 0 saturated carbocycles. The van der Waals surface area contributed by atoms with Crippen LogP contribution in [0.1, 0.15) is 17.7 Å². The number of rotatable bonds is 4. The first-order valence-corrected chi connectivity index (χ1v) is 11.4. The van der Waals surface area contributed by atoms with Crippen LogP contribution in [-0.2, 0) is 23.5 Å². The molecular formula is C21H22FN5O3S. The SMILES string of the molecule is Cn1cc(S(=O)(=O)N2CCC3=Cc4c(cnn4-c4ccc(F)cc4)C[C@]3(CO)C2)cn1. The lowest BCUT2D eigenvalue weighted by atomic mass is 9.69. The van der Waals surface area contributed by atoms with E-state index in [1.54, 1.807) is 30.1 Å². The third kappa shape index (κ3) is 3.22. The van der Waals surface area contributed by atoms with Crippen LogP contribution in [0.5, 0.6) is 0 Å². The zero-order chi connectivity index (χ0) is 21.8. The molecular weight excluding hydrogens is 421 g/mol. The van der Waals surface area contributed by atoms with Gasteiger partial charge in [0, 0.05) is 31.7 Å². The van der Waals surface area contributed by atoms with Gasteiger partial charge in [0.05, 0.1) is 30.4 Å². The first kappa shape index (κ1) is 20.1. The molecule has 2 aromatic heterocycles. The Morgan fingerprint density at radius 2 is 1.97 bits per heavy atom. The predicted octanol–water partition coefficient (Wildman–Crippen LogP) is 1.76. The number of sulfonamides is 1.